The predicted octanol–water partition coefficient (Wildman–Crippen LogP) is 1.65. The summed E-state index contributed by atoms with van der Waals surface area (Å²) in [5.41, 5.74) is 1.91. The van der Waals surface area contributed by atoms with E-state index < -0.39 is 17.7 Å². The summed E-state index contributed by atoms with van der Waals surface area (Å²) in [7, 11) is 3.95. The first-order chi connectivity index (χ1) is 15.3. The Hall–Kier alpha value is -3.65. The first-order valence-corrected chi connectivity index (χ1v) is 10.5. The monoisotopic (exact) mass is 435 g/mol. The number of nitrogens with zero attached hydrogens (tertiary/aromatic N) is 3. The minimum Gasteiger partial charge on any atom is -0.507 e. The molecule has 1 saturated heterocycles. The molecule has 0 bridgehead atoms. The van der Waals surface area contributed by atoms with Crippen molar-refractivity contribution in [3.63, 3.8) is 0 Å². The van der Waals surface area contributed by atoms with E-state index in [2.05, 4.69) is 5.10 Å². The second-order valence-electron chi connectivity index (χ2n) is 8.29. The van der Waals surface area contributed by atoms with Gasteiger partial charge in [-0.1, -0.05) is 18.2 Å². The fraction of sp³-hybridized carbons (Fsp3) is 0.292. The average molecular weight is 436 g/mol. The Bertz CT molecular complexity index is 1190. The smallest absolute Gasteiger partial charge is 0.295 e. The van der Waals surface area contributed by atoms with Gasteiger partial charge in [0.15, 0.2) is 0 Å². The third-order valence-electron chi connectivity index (χ3n) is 5.69. The Labute approximate surface area is 186 Å². The number of furan rings is 1. The van der Waals surface area contributed by atoms with Gasteiger partial charge in [0.1, 0.15) is 23.3 Å². The van der Waals surface area contributed by atoms with Gasteiger partial charge in [-0.3, -0.25) is 9.59 Å². The third-order valence-corrected chi connectivity index (χ3v) is 5.69. The molecule has 0 aliphatic carbocycles. The third kappa shape index (κ3) is 3.73. The molecule has 4 rings (SSSR count). The first-order valence-electron chi connectivity index (χ1n) is 10.5. The van der Waals surface area contributed by atoms with Gasteiger partial charge in [0, 0.05) is 0 Å². The normalized spacial score (nSPS) is 18.2. The number of ketones is 1. The highest BCUT2D eigenvalue weighted by Crippen LogP contribution is 2.40. The predicted molar refractivity (Wildman–Crippen MR) is 118 cm³/mol. The second-order valence-corrected chi connectivity index (χ2v) is 8.29. The number of aliphatic hydroxyl groups excluding tert-OH is 1. The maximum Gasteiger partial charge on any atom is 0.295 e. The summed E-state index contributed by atoms with van der Waals surface area (Å²) in [6.07, 6.45) is 1.51. The summed E-state index contributed by atoms with van der Waals surface area (Å²) in [4.78, 5) is 28.6. The lowest BCUT2D eigenvalue weighted by molar-refractivity contribution is -0.857. The number of aliphatic hydroxyl groups is 1. The van der Waals surface area contributed by atoms with E-state index in [1.54, 1.807) is 23.7 Å². The number of benzene rings is 1. The van der Waals surface area contributed by atoms with Gasteiger partial charge in [-0.25, -0.2) is 4.68 Å². The molecule has 8 nitrogen and oxygen atoms in total. The zero-order valence-corrected chi connectivity index (χ0v) is 18.6. The summed E-state index contributed by atoms with van der Waals surface area (Å²) >= 11 is 0. The summed E-state index contributed by atoms with van der Waals surface area (Å²) in [6.45, 7) is 4.62. The van der Waals surface area contributed by atoms with Crippen LogP contribution in [-0.4, -0.2) is 58.7 Å². The van der Waals surface area contributed by atoms with Crippen LogP contribution in [0.2, 0.25) is 0 Å². The van der Waals surface area contributed by atoms with Crippen LogP contribution in [0.5, 0.6) is 0 Å². The molecule has 166 valence electrons. The highest BCUT2D eigenvalue weighted by molar-refractivity contribution is 6.46. The highest BCUT2D eigenvalue weighted by atomic mass is 16.3. The van der Waals surface area contributed by atoms with Crippen molar-refractivity contribution in [2.45, 2.75) is 19.9 Å². The van der Waals surface area contributed by atoms with E-state index in [0.717, 1.165) is 10.6 Å². The van der Waals surface area contributed by atoms with Gasteiger partial charge in [0.2, 0.25) is 0 Å². The van der Waals surface area contributed by atoms with Crippen molar-refractivity contribution in [2.24, 2.45) is 0 Å². The number of likely N-dealkylation sites (tertiary alicyclic amines) is 1. The second kappa shape index (κ2) is 8.47. The van der Waals surface area contributed by atoms with Crippen LogP contribution in [0.1, 0.15) is 28.8 Å². The Morgan fingerprint density at radius 2 is 1.84 bits per heavy atom. The lowest BCUT2D eigenvalue weighted by atomic mass is 9.99. The van der Waals surface area contributed by atoms with Gasteiger partial charge in [-0.05, 0) is 38.1 Å². The number of Topliss-reactive ketones (excluding diaryl/α,β-unsaturated/α-hetero) is 1. The van der Waals surface area contributed by atoms with Crippen LogP contribution >= 0.6 is 0 Å². The summed E-state index contributed by atoms with van der Waals surface area (Å²) in [5, 5.41) is 15.7. The quantitative estimate of drug-likeness (QED) is 0.349. The number of nitrogens with one attached hydrogen (secondary N) is 1. The zero-order chi connectivity index (χ0) is 23.0. The van der Waals surface area contributed by atoms with Crippen molar-refractivity contribution in [1.29, 1.82) is 0 Å². The molecule has 0 spiro atoms. The molecule has 1 fully saturated rings. The number of carbonyl (C=O) groups excluding carboxylic acids is 2. The molecule has 0 unspecified atom stereocenters. The maximum absolute atomic E-state index is 13.1. The summed E-state index contributed by atoms with van der Waals surface area (Å²) in [5.74, 6) is -0.495. The molecular weight excluding hydrogens is 408 g/mol. The van der Waals surface area contributed by atoms with Crippen molar-refractivity contribution in [2.75, 3.05) is 27.2 Å². The molecule has 2 aromatic heterocycles. The van der Waals surface area contributed by atoms with Crippen LogP contribution in [0.3, 0.4) is 0 Å². The number of carbonyl (C=O) groups is 2. The molecule has 0 radical (unpaired) electrons. The van der Waals surface area contributed by atoms with Gasteiger partial charge in [0.05, 0.1) is 55.9 Å². The van der Waals surface area contributed by atoms with Crippen LogP contribution in [0.15, 0.2) is 58.7 Å². The van der Waals surface area contributed by atoms with E-state index in [1.165, 1.54) is 11.1 Å². The number of hydrogen-bond acceptors (Lipinski definition) is 5. The average Bonchev–Trinajstić information content (AvgIpc) is 3.43. The summed E-state index contributed by atoms with van der Waals surface area (Å²) in [6, 6.07) is 12.2. The molecular formula is C24H27N4O4+. The molecule has 1 atom stereocenters. The number of rotatable bonds is 6. The molecule has 1 aliphatic heterocycles. The van der Waals surface area contributed by atoms with E-state index in [-0.39, 0.29) is 11.3 Å². The Balaban J connectivity index is 1.83. The minimum atomic E-state index is -0.789. The molecule has 1 aromatic carbocycles. The van der Waals surface area contributed by atoms with E-state index in [0.29, 0.717) is 35.9 Å². The molecule has 8 heteroatoms. The zero-order valence-electron chi connectivity index (χ0n) is 18.6. The fourth-order valence-electron chi connectivity index (χ4n) is 3.97. The molecule has 1 aliphatic rings. The van der Waals surface area contributed by atoms with Crippen molar-refractivity contribution in [3.8, 4) is 5.69 Å². The highest BCUT2D eigenvalue weighted by Gasteiger charge is 2.48. The lowest BCUT2D eigenvalue weighted by Crippen LogP contribution is -3.06. The number of aryl methyl sites for hydroxylation is 1. The summed E-state index contributed by atoms with van der Waals surface area (Å²) < 4.78 is 7.49. The van der Waals surface area contributed by atoms with Crippen molar-refractivity contribution >= 4 is 17.4 Å². The SMILES string of the molecule is Cc1ccc([C@@H]2/C(=C(/O)c3cnn(-c4ccccc4)c3C)C(=O)C(=O)N2CC[NH+](C)C)o1. The molecule has 0 saturated carbocycles. The number of para-hydroxylation sites is 1. The van der Waals surface area contributed by atoms with Gasteiger partial charge in [0.25, 0.3) is 11.7 Å². The van der Waals surface area contributed by atoms with E-state index in [4.69, 9.17) is 4.42 Å². The van der Waals surface area contributed by atoms with E-state index in [9.17, 15) is 14.7 Å². The van der Waals surface area contributed by atoms with Crippen molar-refractivity contribution < 1.29 is 24.0 Å². The van der Waals surface area contributed by atoms with E-state index >= 15 is 0 Å². The number of amides is 1. The number of hydrogen-bond donors (Lipinski definition) is 2. The topological polar surface area (TPSA) is 93.0 Å². The van der Waals surface area contributed by atoms with Crippen LogP contribution in [0, 0.1) is 13.8 Å². The number of aromatic nitrogens is 2. The fourth-order valence-corrected chi connectivity index (χ4v) is 3.97. The van der Waals surface area contributed by atoms with E-state index in [1.807, 2.05) is 51.4 Å². The van der Waals surface area contributed by atoms with Crippen LogP contribution in [-0.2, 0) is 9.59 Å². The van der Waals surface area contributed by atoms with Crippen molar-refractivity contribution in [1.82, 2.24) is 14.7 Å². The molecule has 3 heterocycles. The van der Waals surface area contributed by atoms with Crippen LogP contribution in [0.25, 0.3) is 11.4 Å². The molecule has 3 aromatic rings. The Morgan fingerprint density at radius 3 is 2.47 bits per heavy atom. The Kier molecular flexibility index (Phi) is 5.71. The minimum absolute atomic E-state index is 0.0221. The van der Waals surface area contributed by atoms with Gasteiger partial charge < -0.3 is 19.3 Å². The number of quaternary nitrogens is 1. The van der Waals surface area contributed by atoms with Gasteiger partial charge in [-0.15, -0.1) is 0 Å². The largest absolute Gasteiger partial charge is 0.507 e. The number of likely N-dealkylation sites (N-methyl/N-ethyl adjacent to an activating group) is 1. The van der Waals surface area contributed by atoms with Crippen molar-refractivity contribution in [3.05, 3.63) is 77.0 Å². The lowest BCUT2D eigenvalue weighted by Gasteiger charge is -2.23. The first kappa shape index (κ1) is 21.6. The van der Waals surface area contributed by atoms with Crippen LogP contribution in [0.4, 0.5) is 0 Å². The van der Waals surface area contributed by atoms with Gasteiger partial charge in [-0.2, -0.15) is 5.10 Å². The standard InChI is InChI=1S/C24H26N4O4/c1-15-10-11-19(32-15)21-20(23(30)24(31)27(21)13-12-26(3)4)22(29)18-14-25-28(16(18)2)17-8-6-5-7-9-17/h5-11,14,21,29H,12-13H2,1-4H3/p+1/b22-20-/t21-/m1/s1. The molecule has 1 amide bonds. The molecule has 2 N–H and O–H groups in total. The molecule has 32 heavy (non-hydrogen) atoms. The Morgan fingerprint density at radius 1 is 1.12 bits per heavy atom. The maximum atomic E-state index is 13.1. The van der Waals surface area contributed by atoms with Crippen LogP contribution < -0.4 is 4.90 Å². The van der Waals surface area contributed by atoms with Gasteiger partial charge >= 0.3 is 0 Å².